The zero-order chi connectivity index (χ0) is 12.3. The smallest absolute Gasteiger partial charge is 0.129 e. The number of hydrogen-bond acceptors (Lipinski definition) is 3. The van der Waals surface area contributed by atoms with E-state index in [2.05, 4.69) is 21.2 Å². The lowest BCUT2D eigenvalue weighted by Crippen LogP contribution is -1.98. The molecule has 0 spiro atoms. The van der Waals surface area contributed by atoms with Crippen LogP contribution in [0.5, 0.6) is 0 Å². The minimum atomic E-state index is -0.0857. The number of nitrogens with one attached hydrogen (secondary N) is 1. The van der Waals surface area contributed by atoms with Gasteiger partial charge in [0.25, 0.3) is 0 Å². The first-order valence-electron chi connectivity index (χ1n) is 5.06. The summed E-state index contributed by atoms with van der Waals surface area (Å²) < 4.78 is 6.32. The predicted molar refractivity (Wildman–Crippen MR) is 71.1 cm³/mol. The third-order valence-electron chi connectivity index (χ3n) is 2.25. The Kier molecular flexibility index (Phi) is 4.10. The van der Waals surface area contributed by atoms with E-state index in [1.165, 1.54) is 0 Å². The Bertz CT molecular complexity index is 513. The third kappa shape index (κ3) is 3.25. The van der Waals surface area contributed by atoms with Crippen molar-refractivity contribution in [2.24, 2.45) is 0 Å². The molecule has 0 bridgehead atoms. The molecule has 90 valence electrons. The predicted octanol–water partition coefficient (Wildman–Crippen LogP) is 3.80. The summed E-state index contributed by atoms with van der Waals surface area (Å²) in [5, 5.41) is 12.7. The molecule has 2 aromatic rings. The first-order valence-corrected chi connectivity index (χ1v) is 6.23. The van der Waals surface area contributed by atoms with Crippen LogP contribution in [-0.2, 0) is 13.2 Å². The second kappa shape index (κ2) is 5.58. The average molecular weight is 317 g/mol. The molecule has 1 aromatic carbocycles. The number of hydrogen-bond donors (Lipinski definition) is 2. The zero-order valence-corrected chi connectivity index (χ0v) is 11.3. The third-order valence-corrected chi connectivity index (χ3v) is 3.08. The van der Waals surface area contributed by atoms with Gasteiger partial charge < -0.3 is 14.8 Å². The molecule has 0 aliphatic carbocycles. The van der Waals surface area contributed by atoms with Crippen LogP contribution in [0.25, 0.3) is 0 Å². The highest BCUT2D eigenvalue weighted by atomic mass is 79.9. The van der Waals surface area contributed by atoms with Gasteiger partial charge in [-0.1, -0.05) is 27.5 Å². The molecular formula is C12H11BrClNO2. The maximum absolute atomic E-state index is 8.88. The van der Waals surface area contributed by atoms with E-state index in [9.17, 15) is 0 Å². The summed E-state index contributed by atoms with van der Waals surface area (Å²) in [5.74, 6) is 1.31. The first kappa shape index (κ1) is 12.5. The summed E-state index contributed by atoms with van der Waals surface area (Å²) in [6, 6.07) is 9.17. The molecule has 0 unspecified atom stereocenters. The van der Waals surface area contributed by atoms with Crippen LogP contribution in [0.4, 0.5) is 5.69 Å². The van der Waals surface area contributed by atoms with Crippen LogP contribution in [0.1, 0.15) is 11.5 Å². The lowest BCUT2D eigenvalue weighted by Gasteiger charge is -2.07. The average Bonchev–Trinajstić information content (AvgIpc) is 2.78. The minimum absolute atomic E-state index is 0.0857. The van der Waals surface area contributed by atoms with E-state index in [-0.39, 0.29) is 6.61 Å². The molecule has 0 saturated heterocycles. The van der Waals surface area contributed by atoms with Crippen molar-refractivity contribution < 1.29 is 9.52 Å². The lowest BCUT2D eigenvalue weighted by atomic mass is 10.3. The van der Waals surface area contributed by atoms with Gasteiger partial charge in [-0.2, -0.15) is 0 Å². The Morgan fingerprint density at radius 3 is 2.71 bits per heavy atom. The van der Waals surface area contributed by atoms with Crippen molar-refractivity contribution in [2.45, 2.75) is 13.2 Å². The van der Waals surface area contributed by atoms with Gasteiger partial charge in [0.15, 0.2) is 0 Å². The number of aliphatic hydroxyl groups excluding tert-OH is 1. The molecule has 2 N–H and O–H groups in total. The molecule has 0 saturated carbocycles. The molecule has 0 aliphatic heterocycles. The number of anilines is 1. The molecular weight excluding hydrogens is 305 g/mol. The maximum atomic E-state index is 8.88. The number of rotatable bonds is 4. The van der Waals surface area contributed by atoms with E-state index in [0.29, 0.717) is 17.3 Å². The molecule has 3 nitrogen and oxygen atoms in total. The van der Waals surface area contributed by atoms with Gasteiger partial charge >= 0.3 is 0 Å². The molecule has 0 amide bonds. The van der Waals surface area contributed by atoms with Crippen LogP contribution in [0, 0.1) is 0 Å². The summed E-state index contributed by atoms with van der Waals surface area (Å²) in [6.07, 6.45) is 0. The summed E-state index contributed by atoms with van der Waals surface area (Å²) in [5.41, 5.74) is 0.836. The fraction of sp³-hybridized carbons (Fsp3) is 0.167. The molecule has 0 radical (unpaired) electrons. The highest BCUT2D eigenvalue weighted by molar-refractivity contribution is 9.10. The minimum Gasteiger partial charge on any atom is -0.462 e. The molecule has 5 heteroatoms. The van der Waals surface area contributed by atoms with Crippen LogP contribution in [0.15, 0.2) is 39.2 Å². The standard InChI is InChI=1S/C12H11BrClNO2/c13-8-1-4-11(14)12(5-8)15-6-9-2-3-10(7-16)17-9/h1-5,15-16H,6-7H2. The Hall–Kier alpha value is -0.970. The fourth-order valence-corrected chi connectivity index (χ4v) is 1.96. The van der Waals surface area contributed by atoms with Crippen molar-refractivity contribution in [3.05, 3.63) is 51.3 Å². The van der Waals surface area contributed by atoms with Crippen molar-refractivity contribution in [1.82, 2.24) is 0 Å². The van der Waals surface area contributed by atoms with Crippen LogP contribution in [-0.4, -0.2) is 5.11 Å². The fourth-order valence-electron chi connectivity index (χ4n) is 1.42. The second-order valence-electron chi connectivity index (χ2n) is 3.50. The van der Waals surface area contributed by atoms with Crippen molar-refractivity contribution in [1.29, 1.82) is 0 Å². The van der Waals surface area contributed by atoms with Crippen molar-refractivity contribution >= 4 is 33.2 Å². The molecule has 0 atom stereocenters. The summed E-state index contributed by atoms with van der Waals surface area (Å²) >= 11 is 9.42. The van der Waals surface area contributed by atoms with E-state index >= 15 is 0 Å². The van der Waals surface area contributed by atoms with Gasteiger partial charge in [-0.25, -0.2) is 0 Å². The van der Waals surface area contributed by atoms with Gasteiger partial charge in [0, 0.05) is 4.47 Å². The van der Waals surface area contributed by atoms with Crippen molar-refractivity contribution in [3.8, 4) is 0 Å². The maximum Gasteiger partial charge on any atom is 0.129 e. The summed E-state index contributed by atoms with van der Waals surface area (Å²) in [7, 11) is 0. The molecule has 17 heavy (non-hydrogen) atoms. The second-order valence-corrected chi connectivity index (χ2v) is 4.83. The van der Waals surface area contributed by atoms with E-state index in [0.717, 1.165) is 15.9 Å². The van der Waals surface area contributed by atoms with Gasteiger partial charge in [0.1, 0.15) is 18.1 Å². The van der Waals surface area contributed by atoms with Gasteiger partial charge in [-0.3, -0.25) is 0 Å². The van der Waals surface area contributed by atoms with Crippen LogP contribution >= 0.6 is 27.5 Å². The molecule has 1 aromatic heterocycles. The van der Waals surface area contributed by atoms with Gasteiger partial charge in [0.2, 0.25) is 0 Å². The SMILES string of the molecule is OCc1ccc(CNc2cc(Br)ccc2Cl)o1. The monoisotopic (exact) mass is 315 g/mol. The Balaban J connectivity index is 2.04. The first-order chi connectivity index (χ1) is 8.19. The molecule has 1 heterocycles. The topological polar surface area (TPSA) is 45.4 Å². The molecule has 0 fully saturated rings. The van der Waals surface area contributed by atoms with Crippen LogP contribution < -0.4 is 5.32 Å². The Morgan fingerprint density at radius 2 is 2.00 bits per heavy atom. The van der Waals surface area contributed by atoms with E-state index < -0.39 is 0 Å². The number of aliphatic hydroxyl groups is 1. The summed E-state index contributed by atoms with van der Waals surface area (Å²) in [4.78, 5) is 0. The summed E-state index contributed by atoms with van der Waals surface area (Å²) in [6.45, 7) is 0.438. The highest BCUT2D eigenvalue weighted by Gasteiger charge is 2.03. The van der Waals surface area contributed by atoms with E-state index in [1.807, 2.05) is 24.3 Å². The Morgan fingerprint density at radius 1 is 1.24 bits per heavy atom. The van der Waals surface area contributed by atoms with E-state index in [1.54, 1.807) is 6.07 Å². The largest absolute Gasteiger partial charge is 0.462 e. The number of furan rings is 1. The van der Waals surface area contributed by atoms with Crippen molar-refractivity contribution in [3.63, 3.8) is 0 Å². The van der Waals surface area contributed by atoms with Crippen LogP contribution in [0.3, 0.4) is 0 Å². The van der Waals surface area contributed by atoms with Crippen molar-refractivity contribution in [2.75, 3.05) is 5.32 Å². The molecule has 2 rings (SSSR count). The quantitative estimate of drug-likeness (QED) is 0.902. The highest BCUT2D eigenvalue weighted by Crippen LogP contribution is 2.26. The molecule has 0 aliphatic rings. The van der Waals surface area contributed by atoms with Gasteiger partial charge in [0.05, 0.1) is 17.3 Å². The van der Waals surface area contributed by atoms with Gasteiger partial charge in [-0.05, 0) is 30.3 Å². The Labute approximate surface area is 113 Å². The normalized spacial score (nSPS) is 10.5. The zero-order valence-electron chi connectivity index (χ0n) is 8.91. The van der Waals surface area contributed by atoms with E-state index in [4.69, 9.17) is 21.1 Å². The van der Waals surface area contributed by atoms with Gasteiger partial charge in [-0.15, -0.1) is 0 Å². The van der Waals surface area contributed by atoms with Crippen LogP contribution in [0.2, 0.25) is 5.02 Å². The number of benzene rings is 1. The lowest BCUT2D eigenvalue weighted by molar-refractivity contribution is 0.244. The number of halogens is 2.